The number of carbonyl (C=O) groups excluding carboxylic acids is 1. The Bertz CT molecular complexity index is 160. The minimum atomic E-state index is -0.286. The van der Waals surface area contributed by atoms with Crippen molar-refractivity contribution in [2.24, 2.45) is 11.7 Å². The van der Waals surface area contributed by atoms with Gasteiger partial charge in [-0.1, -0.05) is 6.92 Å². The molecule has 4 nitrogen and oxygen atoms in total. The zero-order valence-corrected chi connectivity index (χ0v) is 8.66. The maximum atomic E-state index is 10.7. The van der Waals surface area contributed by atoms with E-state index in [4.69, 9.17) is 10.8 Å². The molecule has 0 aromatic heterocycles. The topological polar surface area (TPSA) is 66.6 Å². The molecule has 78 valence electrons. The van der Waals surface area contributed by atoms with Crippen LogP contribution in [0.1, 0.15) is 20.3 Å². The number of aliphatic hydroxyl groups excluding tert-OH is 1. The zero-order valence-electron chi connectivity index (χ0n) is 8.66. The Hall–Kier alpha value is -0.610. The predicted molar refractivity (Wildman–Crippen MR) is 52.2 cm³/mol. The van der Waals surface area contributed by atoms with Crippen LogP contribution in [-0.2, 0) is 4.79 Å². The van der Waals surface area contributed by atoms with Gasteiger partial charge in [0.15, 0.2) is 0 Å². The molecular formula is C9H20N2O2. The largest absolute Gasteiger partial charge is 0.393 e. The van der Waals surface area contributed by atoms with Gasteiger partial charge in [-0.25, -0.2) is 0 Å². The Balaban J connectivity index is 3.61. The zero-order chi connectivity index (χ0) is 10.4. The van der Waals surface area contributed by atoms with Crippen molar-refractivity contribution in [1.82, 2.24) is 4.90 Å². The standard InChI is InChI=1S/C9H20N2O2/c1-7(9(10)13)6-11(3)5-4-8(2)12/h7-8,12H,4-6H2,1-3H3,(H2,10,13). The van der Waals surface area contributed by atoms with Crippen molar-refractivity contribution in [1.29, 1.82) is 0 Å². The molecule has 4 heteroatoms. The fourth-order valence-corrected chi connectivity index (χ4v) is 1.06. The maximum absolute atomic E-state index is 10.7. The van der Waals surface area contributed by atoms with Gasteiger partial charge in [0, 0.05) is 19.0 Å². The summed E-state index contributed by atoms with van der Waals surface area (Å²) in [5.74, 6) is -0.400. The van der Waals surface area contributed by atoms with Crippen LogP contribution in [0.5, 0.6) is 0 Å². The van der Waals surface area contributed by atoms with Gasteiger partial charge < -0.3 is 15.7 Å². The maximum Gasteiger partial charge on any atom is 0.221 e. The van der Waals surface area contributed by atoms with Crippen LogP contribution in [0.3, 0.4) is 0 Å². The van der Waals surface area contributed by atoms with Crippen molar-refractivity contribution >= 4 is 5.91 Å². The average molecular weight is 188 g/mol. The first kappa shape index (κ1) is 12.4. The van der Waals surface area contributed by atoms with Crippen molar-refractivity contribution in [3.05, 3.63) is 0 Å². The van der Waals surface area contributed by atoms with E-state index in [0.717, 1.165) is 13.0 Å². The van der Waals surface area contributed by atoms with Crippen LogP contribution in [0.4, 0.5) is 0 Å². The van der Waals surface area contributed by atoms with E-state index in [0.29, 0.717) is 6.54 Å². The first-order chi connectivity index (χ1) is 5.93. The van der Waals surface area contributed by atoms with E-state index in [1.165, 1.54) is 0 Å². The van der Waals surface area contributed by atoms with Crippen molar-refractivity contribution in [3.63, 3.8) is 0 Å². The molecule has 0 heterocycles. The number of nitrogens with zero attached hydrogens (tertiary/aromatic N) is 1. The van der Waals surface area contributed by atoms with E-state index < -0.39 is 0 Å². The Morgan fingerprint density at radius 2 is 2.08 bits per heavy atom. The molecule has 0 spiro atoms. The third kappa shape index (κ3) is 6.54. The second-order valence-electron chi connectivity index (χ2n) is 3.70. The van der Waals surface area contributed by atoms with Gasteiger partial charge in [-0.05, 0) is 20.4 Å². The number of nitrogens with two attached hydrogens (primary N) is 1. The van der Waals surface area contributed by atoms with Crippen LogP contribution in [0, 0.1) is 5.92 Å². The number of aliphatic hydroxyl groups is 1. The first-order valence-electron chi connectivity index (χ1n) is 4.59. The minimum Gasteiger partial charge on any atom is -0.393 e. The molecule has 0 rings (SSSR count). The molecule has 13 heavy (non-hydrogen) atoms. The summed E-state index contributed by atoms with van der Waals surface area (Å²) < 4.78 is 0. The summed E-state index contributed by atoms with van der Waals surface area (Å²) in [6.45, 7) is 5.00. The molecule has 0 aliphatic rings. The van der Waals surface area contributed by atoms with E-state index in [9.17, 15) is 4.79 Å². The molecule has 2 unspecified atom stereocenters. The molecule has 0 aliphatic carbocycles. The van der Waals surface area contributed by atoms with E-state index in [2.05, 4.69) is 0 Å². The summed E-state index contributed by atoms with van der Waals surface area (Å²) in [6.07, 6.45) is 0.438. The van der Waals surface area contributed by atoms with Gasteiger partial charge in [0.25, 0.3) is 0 Å². The Morgan fingerprint density at radius 1 is 1.54 bits per heavy atom. The predicted octanol–water partition coefficient (Wildman–Crippen LogP) is -0.189. The van der Waals surface area contributed by atoms with Gasteiger partial charge in [0.2, 0.25) is 5.91 Å². The molecule has 0 bridgehead atoms. The first-order valence-corrected chi connectivity index (χ1v) is 4.59. The van der Waals surface area contributed by atoms with Crippen LogP contribution >= 0.6 is 0 Å². The van der Waals surface area contributed by atoms with E-state index >= 15 is 0 Å². The van der Waals surface area contributed by atoms with Crippen molar-refractivity contribution in [2.45, 2.75) is 26.4 Å². The van der Waals surface area contributed by atoms with Crippen LogP contribution in [-0.4, -0.2) is 42.2 Å². The SMILES string of the molecule is CC(O)CCN(C)CC(C)C(N)=O. The van der Waals surface area contributed by atoms with Crippen LogP contribution in [0.25, 0.3) is 0 Å². The Morgan fingerprint density at radius 3 is 2.46 bits per heavy atom. The summed E-state index contributed by atoms with van der Waals surface area (Å²) in [5.41, 5.74) is 5.13. The number of hydrogen-bond donors (Lipinski definition) is 2. The molecule has 0 aliphatic heterocycles. The number of rotatable bonds is 6. The fraction of sp³-hybridized carbons (Fsp3) is 0.889. The number of primary amides is 1. The molecule has 0 aromatic carbocycles. The Kier molecular flexibility index (Phi) is 5.66. The molecular weight excluding hydrogens is 168 g/mol. The van der Waals surface area contributed by atoms with E-state index in [1.54, 1.807) is 13.8 Å². The van der Waals surface area contributed by atoms with Crippen molar-refractivity contribution in [2.75, 3.05) is 20.1 Å². The van der Waals surface area contributed by atoms with Gasteiger partial charge in [-0.2, -0.15) is 0 Å². The second kappa shape index (κ2) is 5.94. The molecule has 3 N–H and O–H groups in total. The molecule has 0 saturated carbocycles. The van der Waals surface area contributed by atoms with Crippen LogP contribution in [0.2, 0.25) is 0 Å². The average Bonchev–Trinajstić information content (AvgIpc) is 2.00. The highest BCUT2D eigenvalue weighted by atomic mass is 16.3. The molecule has 0 radical (unpaired) electrons. The van der Waals surface area contributed by atoms with Crippen LogP contribution in [0.15, 0.2) is 0 Å². The lowest BCUT2D eigenvalue weighted by Gasteiger charge is -2.19. The summed E-state index contributed by atoms with van der Waals surface area (Å²) in [7, 11) is 1.92. The summed E-state index contributed by atoms with van der Waals surface area (Å²) in [4.78, 5) is 12.7. The lowest BCUT2D eigenvalue weighted by molar-refractivity contribution is -0.121. The lowest BCUT2D eigenvalue weighted by atomic mass is 10.1. The monoisotopic (exact) mass is 188 g/mol. The van der Waals surface area contributed by atoms with Gasteiger partial charge in [-0.15, -0.1) is 0 Å². The second-order valence-corrected chi connectivity index (χ2v) is 3.70. The highest BCUT2D eigenvalue weighted by Gasteiger charge is 2.11. The molecule has 0 aromatic rings. The van der Waals surface area contributed by atoms with Crippen LogP contribution < -0.4 is 5.73 Å². The lowest BCUT2D eigenvalue weighted by Crippen LogP contribution is -2.33. The highest BCUT2D eigenvalue weighted by molar-refractivity contribution is 5.76. The summed E-state index contributed by atoms with van der Waals surface area (Å²) in [5, 5.41) is 9.03. The summed E-state index contributed by atoms with van der Waals surface area (Å²) in [6, 6.07) is 0. The third-order valence-corrected chi connectivity index (χ3v) is 2.00. The Labute approximate surface area is 79.7 Å². The summed E-state index contributed by atoms with van der Waals surface area (Å²) >= 11 is 0. The van der Waals surface area contributed by atoms with Gasteiger partial charge in [0.05, 0.1) is 6.10 Å². The molecule has 0 saturated heterocycles. The highest BCUT2D eigenvalue weighted by Crippen LogP contribution is 1.99. The number of amides is 1. The third-order valence-electron chi connectivity index (χ3n) is 2.00. The minimum absolute atomic E-state index is 0.126. The molecule has 0 fully saturated rings. The normalized spacial score (nSPS) is 15.8. The number of carbonyl (C=O) groups is 1. The number of hydrogen-bond acceptors (Lipinski definition) is 3. The van der Waals surface area contributed by atoms with E-state index in [1.807, 2.05) is 11.9 Å². The quantitative estimate of drug-likeness (QED) is 0.607. The fourth-order valence-electron chi connectivity index (χ4n) is 1.06. The molecule has 1 amide bonds. The van der Waals surface area contributed by atoms with Crippen molar-refractivity contribution < 1.29 is 9.90 Å². The molecule has 2 atom stereocenters. The van der Waals surface area contributed by atoms with E-state index in [-0.39, 0.29) is 17.9 Å². The van der Waals surface area contributed by atoms with Gasteiger partial charge in [0.1, 0.15) is 0 Å². The van der Waals surface area contributed by atoms with Gasteiger partial charge in [-0.3, -0.25) is 4.79 Å². The smallest absolute Gasteiger partial charge is 0.221 e. The van der Waals surface area contributed by atoms with Crippen molar-refractivity contribution in [3.8, 4) is 0 Å². The van der Waals surface area contributed by atoms with Gasteiger partial charge >= 0.3 is 0 Å².